The maximum atomic E-state index is 3.52. The molecule has 3 aromatic heterocycles. The molecule has 0 spiro atoms. The number of rotatable bonds is 21. The van der Waals surface area contributed by atoms with Gasteiger partial charge in [0, 0.05) is 124 Å². The molecule has 0 aliphatic rings. The van der Waals surface area contributed by atoms with Crippen molar-refractivity contribution in [3.8, 4) is 34.8 Å². The number of fused-ring (bicyclic) bond motifs is 9. The molecule has 4 heteroatoms. The maximum Gasteiger partial charge on any atom is 0.0492 e. The summed E-state index contributed by atoms with van der Waals surface area (Å²) in [5.74, 6) is 14.1. The van der Waals surface area contributed by atoms with Gasteiger partial charge in [-0.2, -0.15) is 0 Å². The Morgan fingerprint density at radius 1 is 0.284 bits per heavy atom. The molecule has 0 bridgehead atoms. The predicted molar refractivity (Wildman–Crippen MR) is 378 cm³/mol. The molecule has 0 N–H and O–H groups in total. The van der Waals surface area contributed by atoms with Gasteiger partial charge in [0.2, 0.25) is 0 Å². The standard InChI is InChI=1S/C84H78N4/c1-4-7-10-19-56-85-79-25-16-13-22-73(79)76-59-66(42-53-82(76)85)32-30-64-38-49-71(50-39-64)88(72-51-40-65(41-52-72)31-33-67-43-54-83-77(60-67)74-23-14-17-26-80(74)86(83)57-20-11-8-5-2)70-47-36-63(37-48-70)29-28-62-34-44-68(45-35-62)69-46-55-84-78(61-69)75-24-15-18-27-81(75)87(84)58-21-12-9-6-3/h13-18,22-29,34-55,59-61H,4-12,19-21,56-58H2,1-3H3/b29-28+. The Morgan fingerprint density at radius 3 is 1.01 bits per heavy atom. The lowest BCUT2D eigenvalue weighted by atomic mass is 10.0. The zero-order chi connectivity index (χ0) is 59.6. The number of aromatic nitrogens is 3. The lowest BCUT2D eigenvalue weighted by Gasteiger charge is -2.25. The second-order valence-corrected chi connectivity index (χ2v) is 23.9. The van der Waals surface area contributed by atoms with E-state index in [1.807, 2.05) is 0 Å². The second-order valence-electron chi connectivity index (χ2n) is 23.9. The highest BCUT2D eigenvalue weighted by atomic mass is 15.1. The van der Waals surface area contributed by atoms with Crippen molar-refractivity contribution in [3.05, 3.63) is 258 Å². The Labute approximate surface area is 520 Å². The molecule has 4 nitrogen and oxygen atoms in total. The summed E-state index contributed by atoms with van der Waals surface area (Å²) in [4.78, 5) is 2.32. The fourth-order valence-electron chi connectivity index (χ4n) is 13.1. The van der Waals surface area contributed by atoms with E-state index in [2.05, 4.69) is 300 Å². The lowest BCUT2D eigenvalue weighted by molar-refractivity contribution is 0.602. The lowest BCUT2D eigenvalue weighted by Crippen LogP contribution is -2.09. The van der Waals surface area contributed by atoms with Crippen LogP contribution in [0, 0.1) is 23.7 Å². The third-order valence-electron chi connectivity index (χ3n) is 17.8. The first-order valence-electron chi connectivity index (χ1n) is 32.5. The van der Waals surface area contributed by atoms with Gasteiger partial charge in [0.05, 0.1) is 0 Å². The van der Waals surface area contributed by atoms with Crippen molar-refractivity contribution < 1.29 is 0 Å². The van der Waals surface area contributed by atoms with Crippen LogP contribution in [0.4, 0.5) is 17.1 Å². The molecule has 0 radical (unpaired) electrons. The molecule has 3 heterocycles. The van der Waals surface area contributed by atoms with Crippen LogP contribution in [0.15, 0.2) is 224 Å². The molecule has 0 unspecified atom stereocenters. The fraction of sp³-hybridized carbons (Fsp3) is 0.214. The summed E-state index contributed by atoms with van der Waals surface area (Å²) in [5, 5.41) is 7.77. The molecule has 0 aliphatic carbocycles. The van der Waals surface area contributed by atoms with E-state index in [0.29, 0.717) is 0 Å². The van der Waals surface area contributed by atoms with Crippen LogP contribution >= 0.6 is 0 Å². The third-order valence-corrected chi connectivity index (χ3v) is 17.8. The van der Waals surface area contributed by atoms with E-state index in [1.165, 1.54) is 154 Å². The Morgan fingerprint density at radius 2 is 0.602 bits per heavy atom. The first kappa shape index (κ1) is 57.3. The first-order valence-corrected chi connectivity index (χ1v) is 32.5. The van der Waals surface area contributed by atoms with Crippen LogP contribution in [0.1, 0.15) is 131 Å². The van der Waals surface area contributed by atoms with Gasteiger partial charge >= 0.3 is 0 Å². The molecule has 434 valence electrons. The van der Waals surface area contributed by atoms with E-state index in [-0.39, 0.29) is 0 Å². The Bertz CT molecular complexity index is 4540. The monoisotopic (exact) mass is 1140 g/mol. The van der Waals surface area contributed by atoms with Gasteiger partial charge in [0.25, 0.3) is 0 Å². The quantitative estimate of drug-likeness (QED) is 0.0398. The number of anilines is 3. The smallest absolute Gasteiger partial charge is 0.0492 e. The summed E-state index contributed by atoms with van der Waals surface area (Å²) in [6.45, 7) is 9.95. The van der Waals surface area contributed by atoms with Crippen molar-refractivity contribution in [1.29, 1.82) is 0 Å². The molecule has 0 amide bonds. The number of para-hydroxylation sites is 3. The van der Waals surface area contributed by atoms with Gasteiger partial charge in [0.1, 0.15) is 0 Å². The highest BCUT2D eigenvalue weighted by molar-refractivity contribution is 6.11. The number of hydrogen-bond donors (Lipinski definition) is 0. The second kappa shape index (κ2) is 26.9. The van der Waals surface area contributed by atoms with Gasteiger partial charge in [-0.25, -0.2) is 0 Å². The molecule has 0 saturated carbocycles. The number of hydrogen-bond acceptors (Lipinski definition) is 1. The van der Waals surface area contributed by atoms with Crippen LogP contribution in [0.5, 0.6) is 0 Å². The van der Waals surface area contributed by atoms with Crippen LogP contribution in [0.25, 0.3) is 88.7 Å². The van der Waals surface area contributed by atoms with E-state index < -0.39 is 0 Å². The van der Waals surface area contributed by atoms with E-state index in [4.69, 9.17) is 0 Å². The number of aryl methyl sites for hydroxylation is 3. The van der Waals surface area contributed by atoms with E-state index >= 15 is 0 Å². The highest BCUT2D eigenvalue weighted by Crippen LogP contribution is 2.38. The summed E-state index contributed by atoms with van der Waals surface area (Å²) < 4.78 is 7.53. The number of benzene rings is 10. The van der Waals surface area contributed by atoms with Gasteiger partial charge in [-0.15, -0.1) is 0 Å². The average molecular weight is 1140 g/mol. The van der Waals surface area contributed by atoms with Crippen molar-refractivity contribution in [1.82, 2.24) is 13.7 Å². The maximum absolute atomic E-state index is 3.52. The van der Waals surface area contributed by atoms with E-state index in [0.717, 1.165) is 70.1 Å². The summed E-state index contributed by atoms with van der Waals surface area (Å²) in [5.41, 5.74) is 19.7. The number of nitrogens with zero attached hydrogens (tertiary/aromatic N) is 4. The van der Waals surface area contributed by atoms with Crippen molar-refractivity contribution in [2.75, 3.05) is 4.90 Å². The molecular formula is C84H78N4. The van der Waals surface area contributed by atoms with Crippen LogP contribution in [-0.2, 0) is 19.6 Å². The molecule has 10 aromatic carbocycles. The topological polar surface area (TPSA) is 18.0 Å². The van der Waals surface area contributed by atoms with Crippen LogP contribution in [-0.4, -0.2) is 13.7 Å². The first-order chi connectivity index (χ1) is 43.5. The van der Waals surface area contributed by atoms with E-state index in [9.17, 15) is 0 Å². The Hall–Kier alpha value is -9.74. The molecular weight excluding hydrogens is 1060 g/mol. The highest BCUT2D eigenvalue weighted by Gasteiger charge is 2.16. The van der Waals surface area contributed by atoms with Crippen molar-refractivity contribution in [2.24, 2.45) is 0 Å². The minimum absolute atomic E-state index is 0.967. The number of unbranched alkanes of at least 4 members (excludes halogenated alkanes) is 9. The summed E-state index contributed by atoms with van der Waals surface area (Å²) in [6.07, 6.45) is 19.4. The summed E-state index contributed by atoms with van der Waals surface area (Å²) in [6, 6.07) is 82.1. The van der Waals surface area contributed by atoms with Crippen molar-refractivity contribution >= 4 is 94.6 Å². The van der Waals surface area contributed by atoms with Gasteiger partial charge in [-0.1, -0.05) is 211 Å². The van der Waals surface area contributed by atoms with Gasteiger partial charge in [-0.3, -0.25) is 0 Å². The zero-order valence-electron chi connectivity index (χ0n) is 51.4. The van der Waals surface area contributed by atoms with E-state index in [1.54, 1.807) is 0 Å². The molecule has 0 saturated heterocycles. The van der Waals surface area contributed by atoms with Crippen LogP contribution < -0.4 is 4.90 Å². The Balaban J connectivity index is 0.759. The van der Waals surface area contributed by atoms with Crippen LogP contribution in [0.3, 0.4) is 0 Å². The zero-order valence-corrected chi connectivity index (χ0v) is 51.4. The Kier molecular flexibility index (Phi) is 17.5. The summed E-state index contributed by atoms with van der Waals surface area (Å²) >= 11 is 0. The minimum Gasteiger partial charge on any atom is -0.340 e. The SMILES string of the molecule is CCCCCCn1c2ccccc2c2cc(C#Cc3ccc(N(c4ccc(C#Cc5ccc6c(c5)c5ccccc5n6CCCCCC)cc4)c4ccc(/C=C/c5ccc(-c6ccc7c(c6)c6ccccc6n7CCCCCC)cc5)cc4)cc3)ccc21. The van der Waals surface area contributed by atoms with Gasteiger partial charge in [0.15, 0.2) is 0 Å². The largest absolute Gasteiger partial charge is 0.340 e. The van der Waals surface area contributed by atoms with Crippen molar-refractivity contribution in [3.63, 3.8) is 0 Å². The fourth-order valence-corrected chi connectivity index (χ4v) is 13.1. The van der Waals surface area contributed by atoms with Gasteiger partial charge in [-0.05, 0) is 169 Å². The molecule has 0 atom stereocenters. The average Bonchev–Trinajstić information content (AvgIpc) is 3.19. The third kappa shape index (κ3) is 12.3. The van der Waals surface area contributed by atoms with Gasteiger partial charge < -0.3 is 18.6 Å². The van der Waals surface area contributed by atoms with Crippen molar-refractivity contribution in [2.45, 2.75) is 117 Å². The normalized spacial score (nSPS) is 11.6. The predicted octanol–water partition coefficient (Wildman–Crippen LogP) is 22.9. The molecule has 13 aromatic rings. The minimum atomic E-state index is 0.967. The molecule has 0 fully saturated rings. The molecule has 0 aliphatic heterocycles. The summed E-state index contributed by atoms with van der Waals surface area (Å²) in [7, 11) is 0. The van der Waals surface area contributed by atoms with Crippen LogP contribution in [0.2, 0.25) is 0 Å². The molecule has 13 rings (SSSR count). The molecule has 88 heavy (non-hydrogen) atoms.